The number of aromatic nitrogens is 1. The number of morpholine rings is 1. The van der Waals surface area contributed by atoms with Crippen LogP contribution in [-0.2, 0) is 11.3 Å². The molecule has 0 aliphatic carbocycles. The van der Waals surface area contributed by atoms with Gasteiger partial charge < -0.3 is 4.74 Å². The number of pyridine rings is 1. The molecule has 1 aromatic heterocycles. The molecule has 0 radical (unpaired) electrons. The molecule has 1 aliphatic heterocycles. The van der Waals surface area contributed by atoms with E-state index in [4.69, 9.17) is 16.3 Å². The highest BCUT2D eigenvalue weighted by Gasteiger charge is 2.22. The predicted octanol–water partition coefficient (Wildman–Crippen LogP) is 1.83. The van der Waals surface area contributed by atoms with E-state index in [1.165, 1.54) is 0 Å². The average molecular weight is 241 g/mol. The van der Waals surface area contributed by atoms with Crippen LogP contribution in [0.2, 0.25) is 0 Å². The molecule has 0 amide bonds. The first-order valence-corrected chi connectivity index (χ1v) is 6.13. The first-order valence-electron chi connectivity index (χ1n) is 5.60. The number of nitrogens with zero attached hydrogens (tertiary/aromatic N) is 2. The molecule has 0 bridgehead atoms. The van der Waals surface area contributed by atoms with Crippen molar-refractivity contribution in [3.63, 3.8) is 0 Å². The molecule has 1 fully saturated rings. The van der Waals surface area contributed by atoms with Gasteiger partial charge in [-0.3, -0.25) is 9.88 Å². The van der Waals surface area contributed by atoms with E-state index in [9.17, 15) is 0 Å². The van der Waals surface area contributed by atoms with E-state index in [2.05, 4.69) is 16.0 Å². The van der Waals surface area contributed by atoms with E-state index in [0.717, 1.165) is 37.7 Å². The maximum absolute atomic E-state index is 5.93. The third-order valence-electron chi connectivity index (χ3n) is 2.84. The Balaban J connectivity index is 2.02. The summed E-state index contributed by atoms with van der Waals surface area (Å²) in [5.74, 6) is 0.617. The molecule has 1 atom stereocenters. The lowest BCUT2D eigenvalue weighted by Crippen LogP contribution is -2.46. The zero-order chi connectivity index (χ0) is 11.4. The summed E-state index contributed by atoms with van der Waals surface area (Å²) in [6.45, 7) is 5.34. The van der Waals surface area contributed by atoms with Crippen LogP contribution in [0.3, 0.4) is 0 Å². The van der Waals surface area contributed by atoms with Crippen LogP contribution in [0, 0.1) is 6.92 Å². The largest absolute Gasteiger partial charge is 0.378 e. The van der Waals surface area contributed by atoms with Gasteiger partial charge in [0.2, 0.25) is 0 Å². The second-order valence-electron chi connectivity index (χ2n) is 4.12. The van der Waals surface area contributed by atoms with Gasteiger partial charge in [-0.15, -0.1) is 11.6 Å². The summed E-state index contributed by atoms with van der Waals surface area (Å²) in [4.78, 5) is 6.86. The molecular formula is C12H17ClN2O. The van der Waals surface area contributed by atoms with Gasteiger partial charge in [-0.2, -0.15) is 0 Å². The Labute approximate surface area is 101 Å². The third-order valence-corrected chi connectivity index (χ3v) is 3.19. The minimum absolute atomic E-state index is 0.317. The number of hydrogen-bond donors (Lipinski definition) is 0. The Hall–Kier alpha value is -0.640. The van der Waals surface area contributed by atoms with E-state index < -0.39 is 0 Å². The standard InChI is InChI=1S/C12H17ClN2O/c1-10-3-2-4-11(14-10)8-15-5-6-16-9-12(15)7-13/h2-4,12H,5-9H2,1H3. The predicted molar refractivity (Wildman–Crippen MR) is 64.7 cm³/mol. The Morgan fingerprint density at radius 1 is 1.56 bits per heavy atom. The van der Waals surface area contributed by atoms with Gasteiger partial charge >= 0.3 is 0 Å². The lowest BCUT2D eigenvalue weighted by atomic mass is 10.2. The lowest BCUT2D eigenvalue weighted by molar-refractivity contribution is -0.00359. The molecule has 1 saturated heterocycles. The summed E-state index contributed by atoms with van der Waals surface area (Å²) in [5.41, 5.74) is 2.17. The summed E-state index contributed by atoms with van der Waals surface area (Å²) in [6, 6.07) is 6.45. The van der Waals surface area contributed by atoms with Gasteiger partial charge in [-0.05, 0) is 19.1 Å². The summed E-state index contributed by atoms with van der Waals surface area (Å²) >= 11 is 5.93. The summed E-state index contributed by atoms with van der Waals surface area (Å²) < 4.78 is 5.42. The van der Waals surface area contributed by atoms with Gasteiger partial charge in [0, 0.05) is 30.7 Å². The Bertz CT molecular complexity index is 346. The van der Waals surface area contributed by atoms with Gasteiger partial charge in [-0.1, -0.05) is 6.07 Å². The molecule has 3 nitrogen and oxygen atoms in total. The van der Waals surface area contributed by atoms with Gasteiger partial charge in [0.05, 0.1) is 18.9 Å². The molecule has 1 aromatic rings. The molecule has 1 aliphatic rings. The smallest absolute Gasteiger partial charge is 0.0634 e. The van der Waals surface area contributed by atoms with Crippen molar-refractivity contribution in [1.29, 1.82) is 0 Å². The Morgan fingerprint density at radius 2 is 2.44 bits per heavy atom. The number of halogens is 1. The van der Waals surface area contributed by atoms with E-state index in [0.29, 0.717) is 11.9 Å². The monoisotopic (exact) mass is 240 g/mol. The van der Waals surface area contributed by atoms with E-state index >= 15 is 0 Å². The SMILES string of the molecule is Cc1cccc(CN2CCOCC2CCl)n1. The molecular weight excluding hydrogens is 224 g/mol. The second-order valence-corrected chi connectivity index (χ2v) is 4.43. The van der Waals surface area contributed by atoms with Gasteiger partial charge in [0.25, 0.3) is 0 Å². The Morgan fingerprint density at radius 3 is 3.19 bits per heavy atom. The lowest BCUT2D eigenvalue weighted by Gasteiger charge is -2.34. The number of rotatable bonds is 3. The molecule has 0 saturated carbocycles. The molecule has 0 N–H and O–H groups in total. The van der Waals surface area contributed by atoms with Crippen molar-refractivity contribution in [1.82, 2.24) is 9.88 Å². The number of alkyl halides is 1. The number of ether oxygens (including phenoxy) is 1. The van der Waals surface area contributed by atoms with Gasteiger partial charge in [-0.25, -0.2) is 0 Å². The highest BCUT2D eigenvalue weighted by Crippen LogP contribution is 2.12. The fraction of sp³-hybridized carbons (Fsp3) is 0.583. The number of hydrogen-bond acceptors (Lipinski definition) is 3. The zero-order valence-corrected chi connectivity index (χ0v) is 10.3. The fourth-order valence-corrected chi connectivity index (χ4v) is 2.22. The third kappa shape index (κ3) is 2.94. The van der Waals surface area contributed by atoms with Crippen molar-refractivity contribution in [2.75, 3.05) is 25.6 Å². The second kappa shape index (κ2) is 5.62. The maximum Gasteiger partial charge on any atom is 0.0634 e. The van der Waals surface area contributed by atoms with Crippen LogP contribution in [0.5, 0.6) is 0 Å². The summed E-state index contributed by atoms with van der Waals surface area (Å²) in [5, 5.41) is 0. The summed E-state index contributed by atoms with van der Waals surface area (Å²) in [6.07, 6.45) is 0. The van der Waals surface area contributed by atoms with Gasteiger partial charge in [0.1, 0.15) is 0 Å². The first-order chi connectivity index (χ1) is 7.79. The maximum atomic E-state index is 5.93. The van der Waals surface area contributed by atoms with E-state index in [-0.39, 0.29) is 0 Å². The molecule has 0 aromatic carbocycles. The minimum Gasteiger partial charge on any atom is -0.378 e. The normalized spacial score (nSPS) is 22.2. The van der Waals surface area contributed by atoms with Crippen molar-refractivity contribution < 1.29 is 4.74 Å². The highest BCUT2D eigenvalue weighted by atomic mass is 35.5. The van der Waals surface area contributed by atoms with Gasteiger partial charge in [0.15, 0.2) is 0 Å². The van der Waals surface area contributed by atoms with Crippen LogP contribution in [-0.4, -0.2) is 41.6 Å². The Kier molecular flexibility index (Phi) is 4.16. The highest BCUT2D eigenvalue weighted by molar-refractivity contribution is 6.18. The molecule has 2 heterocycles. The van der Waals surface area contributed by atoms with Crippen molar-refractivity contribution in [3.8, 4) is 0 Å². The van der Waals surface area contributed by atoms with Crippen LogP contribution in [0.4, 0.5) is 0 Å². The van der Waals surface area contributed by atoms with Crippen LogP contribution >= 0.6 is 11.6 Å². The molecule has 4 heteroatoms. The number of aryl methyl sites for hydroxylation is 1. The van der Waals surface area contributed by atoms with Crippen molar-refractivity contribution in [3.05, 3.63) is 29.6 Å². The zero-order valence-electron chi connectivity index (χ0n) is 9.53. The quantitative estimate of drug-likeness (QED) is 0.754. The molecule has 2 rings (SSSR count). The van der Waals surface area contributed by atoms with Crippen LogP contribution < -0.4 is 0 Å². The van der Waals surface area contributed by atoms with Crippen LogP contribution in [0.15, 0.2) is 18.2 Å². The summed E-state index contributed by atoms with van der Waals surface area (Å²) in [7, 11) is 0. The topological polar surface area (TPSA) is 25.4 Å². The molecule has 1 unspecified atom stereocenters. The van der Waals surface area contributed by atoms with Crippen molar-refractivity contribution in [2.45, 2.75) is 19.5 Å². The molecule has 0 spiro atoms. The van der Waals surface area contributed by atoms with Crippen molar-refractivity contribution in [2.24, 2.45) is 0 Å². The van der Waals surface area contributed by atoms with E-state index in [1.807, 2.05) is 19.1 Å². The van der Waals surface area contributed by atoms with E-state index in [1.54, 1.807) is 0 Å². The average Bonchev–Trinajstić information content (AvgIpc) is 2.30. The minimum atomic E-state index is 0.317. The van der Waals surface area contributed by atoms with Crippen LogP contribution in [0.1, 0.15) is 11.4 Å². The first kappa shape index (κ1) is 11.8. The molecule has 16 heavy (non-hydrogen) atoms. The molecule has 88 valence electrons. The van der Waals surface area contributed by atoms with Crippen LogP contribution in [0.25, 0.3) is 0 Å². The van der Waals surface area contributed by atoms with Crippen molar-refractivity contribution >= 4 is 11.6 Å². The fourth-order valence-electron chi connectivity index (χ4n) is 1.94.